The van der Waals surface area contributed by atoms with Gasteiger partial charge in [0, 0.05) is 19.0 Å². The number of nitrogens with zero attached hydrogens (tertiary/aromatic N) is 1. The molecule has 0 heterocycles. The van der Waals surface area contributed by atoms with Crippen molar-refractivity contribution in [2.24, 2.45) is 11.8 Å². The zero-order chi connectivity index (χ0) is 15.2. The van der Waals surface area contributed by atoms with Crippen molar-refractivity contribution in [3.63, 3.8) is 0 Å². The topological polar surface area (TPSA) is 57.6 Å². The van der Waals surface area contributed by atoms with Gasteiger partial charge in [0.15, 0.2) is 0 Å². The van der Waals surface area contributed by atoms with Gasteiger partial charge in [-0.3, -0.25) is 9.59 Å². The van der Waals surface area contributed by atoms with Gasteiger partial charge >= 0.3 is 5.97 Å². The van der Waals surface area contributed by atoms with Crippen molar-refractivity contribution in [3.05, 3.63) is 35.9 Å². The maximum Gasteiger partial charge on any atom is 0.306 e. The molecule has 1 aliphatic carbocycles. The maximum atomic E-state index is 12.6. The van der Waals surface area contributed by atoms with E-state index in [0.29, 0.717) is 25.9 Å². The molecule has 0 bridgehead atoms. The zero-order valence-corrected chi connectivity index (χ0v) is 12.5. The number of carboxylic acid groups (broad SMARTS) is 1. The number of hydrogen-bond donors (Lipinski definition) is 1. The molecule has 1 aromatic carbocycles. The van der Waals surface area contributed by atoms with Crippen molar-refractivity contribution < 1.29 is 14.7 Å². The first-order valence-corrected chi connectivity index (χ1v) is 7.67. The van der Waals surface area contributed by atoms with Crippen LogP contribution in [0.5, 0.6) is 0 Å². The molecule has 1 aromatic rings. The molecule has 0 radical (unpaired) electrons. The van der Waals surface area contributed by atoms with E-state index in [1.807, 2.05) is 42.2 Å². The molecule has 1 amide bonds. The molecule has 1 N–H and O–H groups in total. The Hall–Kier alpha value is -1.84. The number of rotatable bonds is 5. The highest BCUT2D eigenvalue weighted by Gasteiger charge is 2.32. The number of amides is 1. The predicted octanol–water partition coefficient (Wildman–Crippen LogP) is 2.93. The SMILES string of the molecule is CCN(Cc1ccccc1)C(=O)C1CCCC(C(=O)O)C1. The van der Waals surface area contributed by atoms with Gasteiger partial charge in [0.2, 0.25) is 5.91 Å². The molecule has 0 spiro atoms. The van der Waals surface area contributed by atoms with Crippen LogP contribution in [-0.4, -0.2) is 28.4 Å². The van der Waals surface area contributed by atoms with E-state index in [1.54, 1.807) is 0 Å². The van der Waals surface area contributed by atoms with E-state index < -0.39 is 5.97 Å². The summed E-state index contributed by atoms with van der Waals surface area (Å²) in [5.41, 5.74) is 1.11. The highest BCUT2D eigenvalue weighted by Crippen LogP contribution is 2.30. The van der Waals surface area contributed by atoms with E-state index in [4.69, 9.17) is 5.11 Å². The fourth-order valence-corrected chi connectivity index (χ4v) is 3.05. The molecule has 0 saturated heterocycles. The minimum Gasteiger partial charge on any atom is -0.481 e. The summed E-state index contributed by atoms with van der Waals surface area (Å²) in [6, 6.07) is 9.91. The van der Waals surface area contributed by atoms with Gasteiger partial charge in [0.05, 0.1) is 5.92 Å². The van der Waals surface area contributed by atoms with E-state index in [9.17, 15) is 9.59 Å². The number of carbonyl (C=O) groups is 2. The molecule has 1 saturated carbocycles. The summed E-state index contributed by atoms with van der Waals surface area (Å²) in [6.45, 7) is 3.23. The largest absolute Gasteiger partial charge is 0.481 e. The van der Waals surface area contributed by atoms with Crippen molar-refractivity contribution in [3.8, 4) is 0 Å². The Morgan fingerprint density at radius 3 is 2.48 bits per heavy atom. The van der Waals surface area contributed by atoms with Crippen LogP contribution in [0.2, 0.25) is 0 Å². The molecule has 2 rings (SSSR count). The molecule has 114 valence electrons. The van der Waals surface area contributed by atoms with Crippen LogP contribution < -0.4 is 0 Å². The molecule has 4 nitrogen and oxygen atoms in total. The Morgan fingerprint density at radius 1 is 1.19 bits per heavy atom. The molecule has 21 heavy (non-hydrogen) atoms. The lowest BCUT2D eigenvalue weighted by Gasteiger charge is -2.31. The summed E-state index contributed by atoms with van der Waals surface area (Å²) in [4.78, 5) is 25.6. The lowest BCUT2D eigenvalue weighted by Crippen LogP contribution is -2.38. The summed E-state index contributed by atoms with van der Waals surface area (Å²) in [5.74, 6) is -1.16. The molecule has 2 unspecified atom stereocenters. The van der Waals surface area contributed by atoms with Gasteiger partial charge in [-0.2, -0.15) is 0 Å². The quantitative estimate of drug-likeness (QED) is 0.906. The summed E-state index contributed by atoms with van der Waals surface area (Å²) < 4.78 is 0. The zero-order valence-electron chi connectivity index (χ0n) is 12.5. The van der Waals surface area contributed by atoms with Gasteiger partial charge in [-0.15, -0.1) is 0 Å². The van der Waals surface area contributed by atoms with E-state index in [1.165, 1.54) is 0 Å². The molecular weight excluding hydrogens is 266 g/mol. The molecule has 0 aliphatic heterocycles. The van der Waals surface area contributed by atoms with Gasteiger partial charge in [0.25, 0.3) is 0 Å². The van der Waals surface area contributed by atoms with Gasteiger partial charge in [-0.25, -0.2) is 0 Å². The Kier molecular flexibility index (Phi) is 5.37. The first-order chi connectivity index (χ1) is 10.1. The lowest BCUT2D eigenvalue weighted by atomic mass is 9.80. The van der Waals surface area contributed by atoms with Gasteiger partial charge in [-0.05, 0) is 31.7 Å². The van der Waals surface area contributed by atoms with Crippen LogP contribution in [0.25, 0.3) is 0 Å². The Balaban J connectivity index is 2.00. The van der Waals surface area contributed by atoms with Crippen molar-refractivity contribution in [1.29, 1.82) is 0 Å². The smallest absolute Gasteiger partial charge is 0.306 e. The minimum absolute atomic E-state index is 0.104. The number of aliphatic carboxylic acids is 1. The molecule has 2 atom stereocenters. The average Bonchev–Trinajstić information content (AvgIpc) is 2.53. The summed E-state index contributed by atoms with van der Waals surface area (Å²) in [7, 11) is 0. The normalized spacial score (nSPS) is 21.8. The van der Waals surface area contributed by atoms with Crippen LogP contribution in [0.1, 0.15) is 38.2 Å². The second-order valence-electron chi connectivity index (χ2n) is 5.74. The lowest BCUT2D eigenvalue weighted by molar-refractivity contribution is -0.145. The van der Waals surface area contributed by atoms with Crippen molar-refractivity contribution in [2.75, 3.05) is 6.54 Å². The molecule has 1 aliphatic rings. The third-order valence-corrected chi connectivity index (χ3v) is 4.28. The summed E-state index contributed by atoms with van der Waals surface area (Å²) in [5, 5.41) is 9.14. The Bertz CT molecular complexity index is 486. The van der Waals surface area contributed by atoms with Crippen LogP contribution >= 0.6 is 0 Å². The van der Waals surface area contributed by atoms with E-state index >= 15 is 0 Å². The average molecular weight is 289 g/mol. The molecule has 1 fully saturated rings. The van der Waals surface area contributed by atoms with Gasteiger partial charge in [-0.1, -0.05) is 36.8 Å². The van der Waals surface area contributed by atoms with E-state index in [2.05, 4.69) is 0 Å². The Morgan fingerprint density at radius 2 is 1.86 bits per heavy atom. The van der Waals surface area contributed by atoms with Crippen LogP contribution in [0.3, 0.4) is 0 Å². The van der Waals surface area contributed by atoms with E-state index in [-0.39, 0.29) is 17.7 Å². The number of benzene rings is 1. The predicted molar refractivity (Wildman–Crippen MR) is 80.6 cm³/mol. The highest BCUT2D eigenvalue weighted by molar-refractivity contribution is 5.80. The first-order valence-electron chi connectivity index (χ1n) is 7.67. The number of carbonyl (C=O) groups excluding carboxylic acids is 1. The summed E-state index contributed by atoms with van der Waals surface area (Å²) in [6.07, 6.45) is 2.83. The minimum atomic E-state index is -0.765. The van der Waals surface area contributed by atoms with Crippen LogP contribution in [-0.2, 0) is 16.1 Å². The maximum absolute atomic E-state index is 12.6. The van der Waals surface area contributed by atoms with Crippen molar-refractivity contribution in [2.45, 2.75) is 39.2 Å². The van der Waals surface area contributed by atoms with Crippen LogP contribution in [0.15, 0.2) is 30.3 Å². The fraction of sp³-hybridized carbons (Fsp3) is 0.529. The Labute approximate surface area is 125 Å². The molecule has 4 heteroatoms. The van der Waals surface area contributed by atoms with Crippen molar-refractivity contribution in [1.82, 2.24) is 4.90 Å². The third-order valence-electron chi connectivity index (χ3n) is 4.28. The number of carboxylic acids is 1. The number of hydrogen-bond acceptors (Lipinski definition) is 2. The van der Waals surface area contributed by atoms with Gasteiger partial charge < -0.3 is 10.0 Å². The van der Waals surface area contributed by atoms with Crippen LogP contribution in [0.4, 0.5) is 0 Å². The van der Waals surface area contributed by atoms with Crippen LogP contribution in [0, 0.1) is 11.8 Å². The van der Waals surface area contributed by atoms with Gasteiger partial charge in [0.1, 0.15) is 0 Å². The standard InChI is InChI=1S/C17H23NO3/c1-2-18(12-13-7-4-3-5-8-13)16(19)14-9-6-10-15(11-14)17(20)21/h3-5,7-8,14-15H,2,6,9-12H2,1H3,(H,20,21). The highest BCUT2D eigenvalue weighted by atomic mass is 16.4. The van der Waals surface area contributed by atoms with Crippen molar-refractivity contribution >= 4 is 11.9 Å². The summed E-state index contributed by atoms with van der Waals surface area (Å²) >= 11 is 0. The second kappa shape index (κ2) is 7.25. The third kappa shape index (κ3) is 4.06. The molecule has 0 aromatic heterocycles. The monoisotopic (exact) mass is 289 g/mol. The first kappa shape index (κ1) is 15.5. The second-order valence-corrected chi connectivity index (χ2v) is 5.74. The fourth-order valence-electron chi connectivity index (χ4n) is 3.05. The van der Waals surface area contributed by atoms with E-state index in [0.717, 1.165) is 18.4 Å². The molecular formula is C17H23NO3.